The Morgan fingerprint density at radius 3 is 1.93 bits per heavy atom. The molecule has 84 valence electrons. The number of hydrogen-bond donors (Lipinski definition) is 2. The summed E-state index contributed by atoms with van der Waals surface area (Å²) in [5, 5.41) is 15.2. The highest BCUT2D eigenvalue weighted by Crippen LogP contribution is 1.92. The number of hydrogen-bond acceptors (Lipinski definition) is 5. The molecular weight excluding hydrogens is 188 g/mol. The first-order valence-electron chi connectivity index (χ1n) is 4.45. The highest BCUT2D eigenvalue weighted by Gasteiger charge is 2.02. The van der Waals surface area contributed by atoms with Crippen LogP contribution < -0.4 is 0 Å². The maximum absolute atomic E-state index is 10.6. The van der Waals surface area contributed by atoms with Crippen molar-refractivity contribution < 1.29 is 24.5 Å². The fraction of sp³-hybridized carbons (Fsp3) is 0.778. The molecule has 0 radical (unpaired) electrons. The molecule has 0 bridgehead atoms. The topological polar surface area (TPSA) is 83.8 Å². The quantitative estimate of drug-likeness (QED) is 0.613. The Balaban J connectivity index is 0. The van der Waals surface area contributed by atoms with Gasteiger partial charge < -0.3 is 19.7 Å². The molecular formula is C9H18O5. The predicted molar refractivity (Wildman–Crippen MR) is 50.7 cm³/mol. The highest BCUT2D eigenvalue weighted by molar-refractivity contribution is 5.80. The third kappa shape index (κ3) is 17.2. The van der Waals surface area contributed by atoms with Gasteiger partial charge in [0.2, 0.25) is 0 Å². The van der Waals surface area contributed by atoms with Crippen molar-refractivity contribution in [2.24, 2.45) is 0 Å². The molecule has 0 spiro atoms. The van der Waals surface area contributed by atoms with E-state index in [2.05, 4.69) is 4.74 Å². The summed E-state index contributed by atoms with van der Waals surface area (Å²) in [4.78, 5) is 20.9. The lowest BCUT2D eigenvalue weighted by Crippen LogP contribution is -2.05. The first-order chi connectivity index (χ1) is 6.58. The van der Waals surface area contributed by atoms with Gasteiger partial charge in [0.25, 0.3) is 0 Å². The minimum Gasteiger partial charge on any atom is -0.466 e. The number of rotatable bonds is 5. The lowest BCUT2D eigenvalue weighted by atomic mass is 10.2. The fourth-order valence-corrected chi connectivity index (χ4v) is 0.511. The van der Waals surface area contributed by atoms with Crippen LogP contribution in [0.4, 0.5) is 0 Å². The SMILES string of the molecule is CCOC(=O)CCC(C)=O.OCCO. The Morgan fingerprint density at radius 1 is 1.14 bits per heavy atom. The Morgan fingerprint density at radius 2 is 1.64 bits per heavy atom. The molecule has 0 aromatic heterocycles. The van der Waals surface area contributed by atoms with Crippen LogP contribution >= 0.6 is 0 Å². The molecule has 0 atom stereocenters. The number of ketones is 1. The van der Waals surface area contributed by atoms with Gasteiger partial charge in [0.15, 0.2) is 0 Å². The summed E-state index contributed by atoms with van der Waals surface area (Å²) in [6.45, 7) is 3.33. The minimum absolute atomic E-state index is 0.0213. The molecule has 14 heavy (non-hydrogen) atoms. The zero-order chi connectivity index (χ0) is 11.4. The summed E-state index contributed by atoms with van der Waals surface area (Å²) in [7, 11) is 0. The number of aliphatic hydroxyl groups is 2. The van der Waals surface area contributed by atoms with Crippen LogP contribution in [0.3, 0.4) is 0 Å². The number of carbonyl (C=O) groups excluding carboxylic acids is 2. The first kappa shape index (κ1) is 15.5. The highest BCUT2D eigenvalue weighted by atomic mass is 16.5. The molecule has 0 aromatic rings. The molecule has 0 aromatic carbocycles. The van der Waals surface area contributed by atoms with Crippen molar-refractivity contribution in [1.29, 1.82) is 0 Å². The van der Waals surface area contributed by atoms with E-state index in [1.807, 2.05) is 0 Å². The largest absolute Gasteiger partial charge is 0.466 e. The number of Topliss-reactive ketones (excluding diaryl/α,β-unsaturated/α-hetero) is 1. The van der Waals surface area contributed by atoms with Crippen LogP contribution in [0.15, 0.2) is 0 Å². The molecule has 0 heterocycles. The van der Waals surface area contributed by atoms with Crippen molar-refractivity contribution in [2.45, 2.75) is 26.7 Å². The third-order valence-electron chi connectivity index (χ3n) is 1.09. The molecule has 0 aliphatic rings. The molecule has 5 nitrogen and oxygen atoms in total. The monoisotopic (exact) mass is 206 g/mol. The summed E-state index contributed by atoms with van der Waals surface area (Å²) in [5.41, 5.74) is 0. The van der Waals surface area contributed by atoms with Gasteiger partial charge in [0.1, 0.15) is 5.78 Å². The molecule has 0 aliphatic heterocycles. The number of carbonyl (C=O) groups is 2. The van der Waals surface area contributed by atoms with E-state index in [4.69, 9.17) is 10.2 Å². The molecule has 0 unspecified atom stereocenters. The van der Waals surface area contributed by atoms with E-state index < -0.39 is 0 Å². The average molecular weight is 206 g/mol. The van der Waals surface area contributed by atoms with Gasteiger partial charge in [-0.1, -0.05) is 0 Å². The first-order valence-corrected chi connectivity index (χ1v) is 4.45. The van der Waals surface area contributed by atoms with E-state index in [1.54, 1.807) is 6.92 Å². The second-order valence-corrected chi connectivity index (χ2v) is 2.45. The van der Waals surface area contributed by atoms with Crippen LogP contribution in [0.5, 0.6) is 0 Å². The fourth-order valence-electron chi connectivity index (χ4n) is 0.511. The summed E-state index contributed by atoms with van der Waals surface area (Å²) >= 11 is 0. The maximum atomic E-state index is 10.6. The van der Waals surface area contributed by atoms with E-state index in [1.165, 1.54) is 6.92 Å². The number of ether oxygens (including phenoxy) is 1. The van der Waals surface area contributed by atoms with Crippen LogP contribution in [0, 0.1) is 0 Å². The van der Waals surface area contributed by atoms with Gasteiger partial charge >= 0.3 is 5.97 Å². The van der Waals surface area contributed by atoms with E-state index >= 15 is 0 Å². The Kier molecular flexibility index (Phi) is 13.4. The molecule has 0 saturated heterocycles. The van der Waals surface area contributed by atoms with E-state index in [9.17, 15) is 9.59 Å². The van der Waals surface area contributed by atoms with Crippen LogP contribution in [-0.2, 0) is 14.3 Å². The molecule has 2 N–H and O–H groups in total. The van der Waals surface area contributed by atoms with Gasteiger partial charge in [-0.05, 0) is 13.8 Å². The lowest BCUT2D eigenvalue weighted by Gasteiger charge is -1.97. The zero-order valence-corrected chi connectivity index (χ0v) is 8.65. The maximum Gasteiger partial charge on any atom is 0.306 e. The van der Waals surface area contributed by atoms with Gasteiger partial charge in [0.05, 0.1) is 26.2 Å². The van der Waals surface area contributed by atoms with Gasteiger partial charge in [-0.15, -0.1) is 0 Å². The summed E-state index contributed by atoms with van der Waals surface area (Å²) in [6.07, 6.45) is 0.502. The minimum atomic E-state index is -0.294. The molecule has 5 heteroatoms. The van der Waals surface area contributed by atoms with Crippen molar-refractivity contribution in [1.82, 2.24) is 0 Å². The molecule has 0 rings (SSSR count). The van der Waals surface area contributed by atoms with Crippen molar-refractivity contribution in [3.8, 4) is 0 Å². The van der Waals surface area contributed by atoms with Crippen molar-refractivity contribution in [2.75, 3.05) is 19.8 Å². The van der Waals surface area contributed by atoms with Crippen molar-refractivity contribution in [3.05, 3.63) is 0 Å². The van der Waals surface area contributed by atoms with Crippen molar-refractivity contribution in [3.63, 3.8) is 0 Å². The molecule has 0 fully saturated rings. The molecule has 0 saturated carbocycles. The van der Waals surface area contributed by atoms with Crippen LogP contribution in [0.1, 0.15) is 26.7 Å². The normalized spacial score (nSPS) is 8.57. The lowest BCUT2D eigenvalue weighted by molar-refractivity contribution is -0.144. The summed E-state index contributed by atoms with van der Waals surface area (Å²) < 4.78 is 4.60. The van der Waals surface area contributed by atoms with E-state index in [0.29, 0.717) is 13.0 Å². The average Bonchev–Trinajstić information content (AvgIpc) is 2.16. The van der Waals surface area contributed by atoms with Crippen molar-refractivity contribution >= 4 is 11.8 Å². The predicted octanol–water partition coefficient (Wildman–Crippen LogP) is -0.110. The summed E-state index contributed by atoms with van der Waals surface area (Å²) in [6, 6.07) is 0. The van der Waals surface area contributed by atoms with E-state index in [-0.39, 0.29) is 31.4 Å². The molecule has 0 aliphatic carbocycles. The molecule has 0 amide bonds. The standard InChI is InChI=1S/C7H12O3.C2H6O2/c1-3-10-7(9)5-4-6(2)8;3-1-2-4/h3-5H2,1-2H3;3-4H,1-2H2. The summed E-state index contributed by atoms with van der Waals surface area (Å²) in [5.74, 6) is -0.272. The Hall–Kier alpha value is -0.940. The smallest absolute Gasteiger partial charge is 0.306 e. The Bertz CT molecular complexity index is 153. The Labute approximate surface area is 83.7 Å². The second kappa shape index (κ2) is 12.1. The van der Waals surface area contributed by atoms with Crippen LogP contribution in [-0.4, -0.2) is 41.8 Å². The van der Waals surface area contributed by atoms with Gasteiger partial charge in [0, 0.05) is 6.42 Å². The number of aliphatic hydroxyl groups excluding tert-OH is 2. The van der Waals surface area contributed by atoms with E-state index in [0.717, 1.165) is 0 Å². The zero-order valence-electron chi connectivity index (χ0n) is 8.65. The van der Waals surface area contributed by atoms with Gasteiger partial charge in [-0.3, -0.25) is 4.79 Å². The third-order valence-corrected chi connectivity index (χ3v) is 1.09. The van der Waals surface area contributed by atoms with Crippen LogP contribution in [0.2, 0.25) is 0 Å². The number of esters is 1. The van der Waals surface area contributed by atoms with Gasteiger partial charge in [-0.2, -0.15) is 0 Å². The van der Waals surface area contributed by atoms with Gasteiger partial charge in [-0.25, -0.2) is 0 Å². The van der Waals surface area contributed by atoms with Crippen LogP contribution in [0.25, 0.3) is 0 Å². The second-order valence-electron chi connectivity index (χ2n) is 2.45.